The molecule has 6 nitrogen and oxygen atoms in total. The lowest BCUT2D eigenvalue weighted by molar-refractivity contribution is -0.112. The van der Waals surface area contributed by atoms with E-state index in [4.69, 9.17) is 5.11 Å². The van der Waals surface area contributed by atoms with Gasteiger partial charge in [-0.1, -0.05) is 42.5 Å². The summed E-state index contributed by atoms with van der Waals surface area (Å²) in [4.78, 5) is 23.9. The number of nitrogens with zero attached hydrogens (tertiary/aromatic N) is 2. The second-order valence-electron chi connectivity index (χ2n) is 7.67. The summed E-state index contributed by atoms with van der Waals surface area (Å²) in [5.41, 5.74) is 3.94. The Morgan fingerprint density at radius 3 is 2.48 bits per heavy atom. The lowest BCUT2D eigenvalue weighted by atomic mass is 10.1. The summed E-state index contributed by atoms with van der Waals surface area (Å²) < 4.78 is 2.11. The normalized spacial score (nSPS) is 11.2. The maximum atomic E-state index is 12.7. The van der Waals surface area contributed by atoms with Crippen molar-refractivity contribution in [2.75, 3.05) is 5.32 Å². The highest BCUT2D eigenvalue weighted by atomic mass is 16.4. The average Bonchev–Trinajstić information content (AvgIpc) is 3.09. The molecule has 0 aliphatic rings. The average molecular weight is 435 g/mol. The van der Waals surface area contributed by atoms with E-state index in [1.54, 1.807) is 12.1 Å². The molecular weight excluding hydrogens is 414 g/mol. The van der Waals surface area contributed by atoms with Crippen LogP contribution in [0, 0.1) is 25.2 Å². The van der Waals surface area contributed by atoms with Crippen LogP contribution < -0.4 is 5.32 Å². The molecule has 0 radical (unpaired) electrons. The number of carboxylic acid groups (broad SMARTS) is 1. The molecule has 2 N–H and O–H groups in total. The number of anilines is 1. The van der Waals surface area contributed by atoms with Gasteiger partial charge in [0, 0.05) is 22.5 Å². The van der Waals surface area contributed by atoms with Gasteiger partial charge in [-0.2, -0.15) is 5.26 Å². The third-order valence-electron chi connectivity index (χ3n) is 5.51. The van der Waals surface area contributed by atoms with Crippen LogP contribution in [0.15, 0.2) is 78.4 Å². The van der Waals surface area contributed by atoms with Crippen LogP contribution in [0.25, 0.3) is 22.5 Å². The van der Waals surface area contributed by atoms with Crippen LogP contribution in [0.3, 0.4) is 0 Å². The highest BCUT2D eigenvalue weighted by molar-refractivity contribution is 6.10. The Hall–Kier alpha value is -4.63. The van der Waals surface area contributed by atoms with Gasteiger partial charge in [-0.05, 0) is 61.2 Å². The molecule has 33 heavy (non-hydrogen) atoms. The Labute approximate surface area is 191 Å². The zero-order valence-corrected chi connectivity index (χ0v) is 18.2. The molecule has 6 heteroatoms. The van der Waals surface area contributed by atoms with E-state index in [2.05, 4.69) is 28.1 Å². The molecule has 1 amide bonds. The predicted molar refractivity (Wildman–Crippen MR) is 128 cm³/mol. The minimum atomic E-state index is -1.09. The summed E-state index contributed by atoms with van der Waals surface area (Å²) >= 11 is 0. The number of benzene rings is 3. The second-order valence-corrected chi connectivity index (χ2v) is 7.67. The number of rotatable bonds is 5. The van der Waals surface area contributed by atoms with Gasteiger partial charge in [-0.15, -0.1) is 0 Å². The standard InChI is InChI=1S/C27H21N3O3/c1-17-13-21(18(2)30(17)25-12-6-8-19-7-3-4-11-24(19)25)14-22(16-28)26(31)29-23-10-5-9-20(15-23)27(32)33/h3-15H,1-2H3,(H,29,31)(H,32,33)/b22-14-. The molecule has 4 aromatic rings. The fourth-order valence-electron chi connectivity index (χ4n) is 3.94. The van der Waals surface area contributed by atoms with E-state index >= 15 is 0 Å². The molecular formula is C27H21N3O3. The summed E-state index contributed by atoms with van der Waals surface area (Å²) in [6.45, 7) is 3.93. The summed E-state index contributed by atoms with van der Waals surface area (Å²) in [6.07, 6.45) is 1.56. The van der Waals surface area contributed by atoms with E-state index in [-0.39, 0.29) is 11.1 Å². The second kappa shape index (κ2) is 8.85. The molecule has 0 aliphatic carbocycles. The predicted octanol–water partition coefficient (Wildman–Crippen LogP) is 5.49. The van der Waals surface area contributed by atoms with Crippen molar-refractivity contribution in [2.24, 2.45) is 0 Å². The number of fused-ring (bicyclic) bond motifs is 1. The maximum Gasteiger partial charge on any atom is 0.335 e. The van der Waals surface area contributed by atoms with Crippen molar-refractivity contribution in [2.45, 2.75) is 13.8 Å². The van der Waals surface area contributed by atoms with E-state index in [9.17, 15) is 14.9 Å². The molecule has 1 heterocycles. The number of hydrogen-bond donors (Lipinski definition) is 2. The molecule has 0 aliphatic heterocycles. The number of nitrogens with one attached hydrogen (secondary N) is 1. The molecule has 0 fully saturated rings. The summed E-state index contributed by atoms with van der Waals surface area (Å²) in [5.74, 6) is -1.70. The van der Waals surface area contributed by atoms with Crippen molar-refractivity contribution in [1.82, 2.24) is 4.57 Å². The number of carbonyl (C=O) groups excluding carboxylic acids is 1. The van der Waals surface area contributed by atoms with Crippen molar-refractivity contribution in [3.05, 3.63) is 101 Å². The molecule has 4 rings (SSSR count). The molecule has 0 unspecified atom stereocenters. The highest BCUT2D eigenvalue weighted by Gasteiger charge is 2.15. The van der Waals surface area contributed by atoms with E-state index in [0.29, 0.717) is 5.69 Å². The number of nitriles is 1. The van der Waals surface area contributed by atoms with Crippen LogP contribution in [0.4, 0.5) is 5.69 Å². The number of amides is 1. The van der Waals surface area contributed by atoms with Gasteiger partial charge in [-0.25, -0.2) is 4.79 Å². The zero-order valence-electron chi connectivity index (χ0n) is 18.2. The first kappa shape index (κ1) is 21.6. The number of carbonyl (C=O) groups is 2. The van der Waals surface area contributed by atoms with Gasteiger partial charge in [0.2, 0.25) is 0 Å². The molecule has 0 saturated carbocycles. The Kier molecular flexibility index (Phi) is 5.79. The monoisotopic (exact) mass is 435 g/mol. The van der Waals surface area contributed by atoms with E-state index in [1.807, 2.05) is 50.2 Å². The summed E-state index contributed by atoms with van der Waals surface area (Å²) in [5, 5.41) is 23.6. The molecule has 0 saturated heterocycles. The molecule has 0 spiro atoms. The Bertz CT molecular complexity index is 1470. The smallest absolute Gasteiger partial charge is 0.335 e. The number of aryl methyl sites for hydroxylation is 1. The zero-order chi connectivity index (χ0) is 23.5. The third kappa shape index (κ3) is 4.25. The lowest BCUT2D eigenvalue weighted by Crippen LogP contribution is -2.14. The molecule has 0 atom stereocenters. The van der Waals surface area contributed by atoms with Gasteiger partial charge in [0.05, 0.1) is 11.3 Å². The molecule has 3 aromatic carbocycles. The first-order chi connectivity index (χ1) is 15.9. The van der Waals surface area contributed by atoms with Crippen molar-refractivity contribution in [1.29, 1.82) is 5.26 Å². The van der Waals surface area contributed by atoms with Crippen LogP contribution in [-0.4, -0.2) is 21.6 Å². The number of aromatic carboxylic acids is 1. The number of carboxylic acids is 1. The number of hydrogen-bond acceptors (Lipinski definition) is 3. The molecule has 162 valence electrons. The Balaban J connectivity index is 1.70. The summed E-state index contributed by atoms with van der Waals surface area (Å²) in [7, 11) is 0. The van der Waals surface area contributed by atoms with Gasteiger partial charge in [0.25, 0.3) is 5.91 Å². The van der Waals surface area contributed by atoms with Gasteiger partial charge in [0.1, 0.15) is 11.6 Å². The summed E-state index contributed by atoms with van der Waals surface area (Å²) in [6, 6.07) is 24.0. The van der Waals surface area contributed by atoms with Crippen LogP contribution in [0.2, 0.25) is 0 Å². The lowest BCUT2D eigenvalue weighted by Gasteiger charge is -2.13. The Morgan fingerprint density at radius 2 is 1.73 bits per heavy atom. The van der Waals surface area contributed by atoms with Crippen LogP contribution >= 0.6 is 0 Å². The van der Waals surface area contributed by atoms with Crippen molar-refractivity contribution in [3.8, 4) is 11.8 Å². The van der Waals surface area contributed by atoms with Gasteiger partial charge < -0.3 is 15.0 Å². The fourth-order valence-corrected chi connectivity index (χ4v) is 3.94. The van der Waals surface area contributed by atoms with Crippen LogP contribution in [0.1, 0.15) is 27.3 Å². The van der Waals surface area contributed by atoms with Crippen molar-refractivity contribution >= 4 is 34.4 Å². The fraction of sp³-hybridized carbons (Fsp3) is 0.0741. The highest BCUT2D eigenvalue weighted by Crippen LogP contribution is 2.28. The van der Waals surface area contributed by atoms with Crippen molar-refractivity contribution in [3.63, 3.8) is 0 Å². The largest absolute Gasteiger partial charge is 0.478 e. The van der Waals surface area contributed by atoms with Crippen molar-refractivity contribution < 1.29 is 14.7 Å². The Morgan fingerprint density at radius 1 is 1.00 bits per heavy atom. The SMILES string of the molecule is Cc1cc(/C=C(/C#N)C(=O)Nc2cccc(C(=O)O)c2)c(C)n1-c1cccc2ccccc12. The minimum Gasteiger partial charge on any atom is -0.478 e. The first-order valence-corrected chi connectivity index (χ1v) is 10.3. The number of aromatic nitrogens is 1. The van der Waals surface area contributed by atoms with Crippen LogP contribution in [0.5, 0.6) is 0 Å². The van der Waals surface area contributed by atoms with E-state index in [0.717, 1.165) is 33.4 Å². The third-order valence-corrected chi connectivity index (χ3v) is 5.51. The molecule has 0 bridgehead atoms. The first-order valence-electron chi connectivity index (χ1n) is 10.3. The topological polar surface area (TPSA) is 95.1 Å². The maximum absolute atomic E-state index is 12.7. The molecule has 1 aromatic heterocycles. The quantitative estimate of drug-likeness (QED) is 0.320. The van der Waals surface area contributed by atoms with Crippen LogP contribution in [-0.2, 0) is 4.79 Å². The van der Waals surface area contributed by atoms with Gasteiger partial charge >= 0.3 is 5.97 Å². The minimum absolute atomic E-state index is 0.0499. The van der Waals surface area contributed by atoms with E-state index in [1.165, 1.54) is 18.2 Å². The van der Waals surface area contributed by atoms with Gasteiger partial charge in [-0.3, -0.25) is 4.79 Å². The van der Waals surface area contributed by atoms with Gasteiger partial charge in [0.15, 0.2) is 0 Å². The van der Waals surface area contributed by atoms with E-state index < -0.39 is 11.9 Å².